The minimum atomic E-state index is 0.135. The van der Waals surface area contributed by atoms with Crippen LogP contribution in [0.5, 0.6) is 17.2 Å². The number of fused-ring (bicyclic) bond motifs is 2. The fraction of sp³-hybridized carbons (Fsp3) is 0.348. The summed E-state index contributed by atoms with van der Waals surface area (Å²) in [5, 5.41) is 0.964. The highest BCUT2D eigenvalue weighted by Gasteiger charge is 2.23. The summed E-state index contributed by atoms with van der Waals surface area (Å²) in [7, 11) is 1.63. The van der Waals surface area contributed by atoms with Gasteiger partial charge < -0.3 is 23.5 Å². The number of methoxy groups -OCH3 is 1. The van der Waals surface area contributed by atoms with E-state index in [1.807, 2.05) is 35.2 Å². The highest BCUT2D eigenvalue weighted by atomic mass is 16.7. The standard InChI is InChI=1S/C23H24N2O5/c1-27-18-3-4-19-17(14-28-21(19)12-18)11-23(26)25-8-6-24(7-9-25)13-16-2-5-20-22(10-16)30-15-29-20/h2-5,10,12,14H,6-9,11,13,15H2,1H3. The van der Waals surface area contributed by atoms with Crippen molar-refractivity contribution in [2.45, 2.75) is 13.0 Å². The Balaban J connectivity index is 1.17. The molecule has 7 heteroatoms. The molecule has 0 atom stereocenters. The van der Waals surface area contributed by atoms with E-state index in [1.54, 1.807) is 13.4 Å². The summed E-state index contributed by atoms with van der Waals surface area (Å²) in [6.45, 7) is 4.29. The second-order valence-electron chi connectivity index (χ2n) is 7.64. The highest BCUT2D eigenvalue weighted by molar-refractivity contribution is 5.88. The van der Waals surface area contributed by atoms with Crippen molar-refractivity contribution < 1.29 is 23.4 Å². The predicted octanol–water partition coefficient (Wildman–Crippen LogP) is 3.06. The number of carbonyl (C=O) groups excluding carboxylic acids is 1. The molecule has 0 unspecified atom stereocenters. The van der Waals surface area contributed by atoms with E-state index in [4.69, 9.17) is 18.6 Å². The van der Waals surface area contributed by atoms with Gasteiger partial charge in [0.05, 0.1) is 19.8 Å². The molecule has 5 rings (SSSR count). The SMILES string of the molecule is COc1ccc2c(CC(=O)N3CCN(Cc4ccc5c(c4)OCO5)CC3)coc2c1. The summed E-state index contributed by atoms with van der Waals surface area (Å²) >= 11 is 0. The molecule has 1 amide bonds. The van der Waals surface area contributed by atoms with Gasteiger partial charge >= 0.3 is 0 Å². The van der Waals surface area contributed by atoms with Crippen LogP contribution in [0.2, 0.25) is 0 Å². The monoisotopic (exact) mass is 408 g/mol. The lowest BCUT2D eigenvalue weighted by molar-refractivity contribution is -0.132. The van der Waals surface area contributed by atoms with E-state index in [9.17, 15) is 4.79 Å². The summed E-state index contributed by atoms with van der Waals surface area (Å²) in [6, 6.07) is 11.8. The van der Waals surface area contributed by atoms with E-state index in [-0.39, 0.29) is 5.91 Å². The summed E-state index contributed by atoms with van der Waals surface area (Å²) in [6.07, 6.45) is 2.03. The molecule has 0 spiro atoms. The maximum absolute atomic E-state index is 12.8. The molecule has 1 saturated heterocycles. The zero-order valence-electron chi connectivity index (χ0n) is 16.9. The predicted molar refractivity (Wildman–Crippen MR) is 111 cm³/mol. The smallest absolute Gasteiger partial charge is 0.231 e. The van der Waals surface area contributed by atoms with Crippen molar-refractivity contribution in [2.24, 2.45) is 0 Å². The summed E-state index contributed by atoms with van der Waals surface area (Å²) < 4.78 is 21.7. The molecule has 0 saturated carbocycles. The van der Waals surface area contributed by atoms with Crippen molar-refractivity contribution in [3.8, 4) is 17.2 Å². The number of furan rings is 1. The Morgan fingerprint density at radius 2 is 1.87 bits per heavy atom. The van der Waals surface area contributed by atoms with Crippen molar-refractivity contribution in [1.82, 2.24) is 9.80 Å². The molecule has 3 heterocycles. The molecule has 156 valence electrons. The first-order valence-electron chi connectivity index (χ1n) is 10.1. The van der Waals surface area contributed by atoms with Crippen molar-refractivity contribution >= 4 is 16.9 Å². The maximum atomic E-state index is 12.8. The van der Waals surface area contributed by atoms with Crippen molar-refractivity contribution in [3.05, 3.63) is 53.8 Å². The molecule has 0 aliphatic carbocycles. The van der Waals surface area contributed by atoms with Crippen molar-refractivity contribution in [1.29, 1.82) is 0 Å². The minimum absolute atomic E-state index is 0.135. The Kier molecular flexibility index (Phi) is 4.96. The fourth-order valence-electron chi connectivity index (χ4n) is 4.06. The first-order valence-corrected chi connectivity index (χ1v) is 10.1. The zero-order chi connectivity index (χ0) is 20.5. The van der Waals surface area contributed by atoms with E-state index < -0.39 is 0 Å². The number of carbonyl (C=O) groups is 1. The average Bonchev–Trinajstić information content (AvgIpc) is 3.40. The molecule has 0 radical (unpaired) electrons. The van der Waals surface area contributed by atoms with Gasteiger partial charge in [0, 0.05) is 49.7 Å². The molecule has 7 nitrogen and oxygen atoms in total. The molecule has 2 aromatic carbocycles. The molecule has 0 bridgehead atoms. The zero-order valence-corrected chi connectivity index (χ0v) is 16.9. The van der Waals surface area contributed by atoms with Gasteiger partial charge in [-0.25, -0.2) is 0 Å². The van der Waals surface area contributed by atoms with Crippen LogP contribution in [0.1, 0.15) is 11.1 Å². The average molecular weight is 408 g/mol. The second-order valence-corrected chi connectivity index (χ2v) is 7.64. The quantitative estimate of drug-likeness (QED) is 0.647. The van der Waals surface area contributed by atoms with Crippen LogP contribution >= 0.6 is 0 Å². The van der Waals surface area contributed by atoms with E-state index in [2.05, 4.69) is 11.0 Å². The number of piperazine rings is 1. The maximum Gasteiger partial charge on any atom is 0.231 e. The van der Waals surface area contributed by atoms with Crippen molar-refractivity contribution in [2.75, 3.05) is 40.1 Å². The van der Waals surface area contributed by atoms with Crippen LogP contribution in [0, 0.1) is 0 Å². The Hall–Kier alpha value is -3.19. The first-order chi connectivity index (χ1) is 14.7. The van der Waals surface area contributed by atoms with Crippen LogP contribution in [0.3, 0.4) is 0 Å². The number of ether oxygens (including phenoxy) is 3. The van der Waals surface area contributed by atoms with Gasteiger partial charge in [-0.15, -0.1) is 0 Å². The third-order valence-electron chi connectivity index (χ3n) is 5.77. The lowest BCUT2D eigenvalue weighted by Gasteiger charge is -2.34. The number of nitrogens with zero attached hydrogens (tertiary/aromatic N) is 2. The van der Waals surface area contributed by atoms with Crippen molar-refractivity contribution in [3.63, 3.8) is 0 Å². The molecule has 3 aromatic rings. The molecule has 0 N–H and O–H groups in total. The topological polar surface area (TPSA) is 64.4 Å². The lowest BCUT2D eigenvalue weighted by atomic mass is 10.1. The van der Waals surface area contributed by atoms with Crippen LogP contribution < -0.4 is 14.2 Å². The molecule has 30 heavy (non-hydrogen) atoms. The van der Waals surface area contributed by atoms with E-state index in [0.29, 0.717) is 13.2 Å². The number of hydrogen-bond donors (Lipinski definition) is 0. The van der Waals surface area contributed by atoms with Gasteiger partial charge in [-0.2, -0.15) is 0 Å². The minimum Gasteiger partial charge on any atom is -0.497 e. The molecule has 1 fully saturated rings. The summed E-state index contributed by atoms with van der Waals surface area (Å²) in [5.41, 5.74) is 2.85. The third-order valence-corrected chi connectivity index (χ3v) is 5.77. The van der Waals surface area contributed by atoms with E-state index in [0.717, 1.165) is 66.5 Å². The van der Waals surface area contributed by atoms with Gasteiger partial charge in [-0.05, 0) is 29.8 Å². The normalized spacial score (nSPS) is 16.2. The Labute approximate surface area is 174 Å². The summed E-state index contributed by atoms with van der Waals surface area (Å²) in [4.78, 5) is 17.1. The fourth-order valence-corrected chi connectivity index (χ4v) is 4.06. The third kappa shape index (κ3) is 3.68. The number of hydrogen-bond acceptors (Lipinski definition) is 6. The Morgan fingerprint density at radius 1 is 1.03 bits per heavy atom. The van der Waals surface area contributed by atoms with Crippen LogP contribution in [-0.2, 0) is 17.8 Å². The lowest BCUT2D eigenvalue weighted by Crippen LogP contribution is -2.48. The largest absolute Gasteiger partial charge is 0.497 e. The van der Waals surface area contributed by atoms with E-state index in [1.165, 1.54) is 5.56 Å². The van der Waals surface area contributed by atoms with Crippen LogP contribution in [0.25, 0.3) is 11.0 Å². The van der Waals surface area contributed by atoms with Crippen LogP contribution in [0.15, 0.2) is 47.1 Å². The second kappa shape index (κ2) is 7.91. The molecular formula is C23H24N2O5. The molecular weight excluding hydrogens is 384 g/mol. The van der Waals surface area contributed by atoms with Gasteiger partial charge in [-0.3, -0.25) is 9.69 Å². The van der Waals surface area contributed by atoms with Gasteiger partial charge in [0.25, 0.3) is 0 Å². The van der Waals surface area contributed by atoms with Gasteiger partial charge in [0.1, 0.15) is 11.3 Å². The van der Waals surface area contributed by atoms with Gasteiger partial charge in [-0.1, -0.05) is 6.07 Å². The van der Waals surface area contributed by atoms with E-state index >= 15 is 0 Å². The number of rotatable bonds is 5. The van der Waals surface area contributed by atoms with Crippen LogP contribution in [-0.4, -0.2) is 55.8 Å². The summed E-state index contributed by atoms with van der Waals surface area (Å²) in [5.74, 6) is 2.50. The number of amides is 1. The van der Waals surface area contributed by atoms with Crippen LogP contribution in [0.4, 0.5) is 0 Å². The number of benzene rings is 2. The molecule has 1 aromatic heterocycles. The molecule has 2 aliphatic rings. The molecule has 2 aliphatic heterocycles. The Bertz CT molecular complexity index is 1070. The highest BCUT2D eigenvalue weighted by Crippen LogP contribution is 2.33. The van der Waals surface area contributed by atoms with Gasteiger partial charge in [0.2, 0.25) is 12.7 Å². The Morgan fingerprint density at radius 3 is 2.70 bits per heavy atom. The van der Waals surface area contributed by atoms with Gasteiger partial charge in [0.15, 0.2) is 11.5 Å². The first kappa shape index (κ1) is 18.8.